The molecule has 9 nitrogen and oxygen atoms in total. The summed E-state index contributed by atoms with van der Waals surface area (Å²) in [7, 11) is 0. The first-order chi connectivity index (χ1) is 17.3. The number of alkyl halides is 2. The molecular formula is C26H30F2N6O3. The molecule has 37 heavy (non-hydrogen) atoms. The van der Waals surface area contributed by atoms with Crippen LogP contribution in [0, 0.1) is 34.0 Å². The first kappa shape index (κ1) is 26.4. The van der Waals surface area contributed by atoms with Crippen molar-refractivity contribution in [2.75, 3.05) is 6.54 Å². The molecule has 4 rings (SSSR count). The monoisotopic (exact) mass is 512 g/mol. The maximum atomic E-state index is 13.7. The number of fused-ring (bicyclic) bond motifs is 2. The number of carbonyl (C=O) groups excluding carboxylic acids is 3. The van der Waals surface area contributed by atoms with E-state index in [1.165, 1.54) is 11.1 Å². The van der Waals surface area contributed by atoms with Gasteiger partial charge in [-0.1, -0.05) is 34.6 Å². The van der Waals surface area contributed by atoms with Crippen LogP contribution in [0.5, 0.6) is 0 Å². The summed E-state index contributed by atoms with van der Waals surface area (Å²) in [5.41, 5.74) is -0.156. The molecule has 3 amide bonds. The van der Waals surface area contributed by atoms with Gasteiger partial charge < -0.3 is 15.5 Å². The van der Waals surface area contributed by atoms with Gasteiger partial charge in [0.05, 0.1) is 11.6 Å². The van der Waals surface area contributed by atoms with Crippen molar-refractivity contribution in [2.24, 2.45) is 22.7 Å². The molecule has 1 saturated carbocycles. The number of nitriles is 1. The quantitative estimate of drug-likeness (QED) is 0.612. The van der Waals surface area contributed by atoms with Crippen molar-refractivity contribution in [1.82, 2.24) is 25.5 Å². The Kier molecular flexibility index (Phi) is 6.65. The molecule has 0 radical (unpaired) electrons. The van der Waals surface area contributed by atoms with Crippen LogP contribution >= 0.6 is 0 Å². The molecule has 2 aromatic rings. The fourth-order valence-corrected chi connectivity index (χ4v) is 5.47. The number of hydrogen-bond acceptors (Lipinski definition) is 6. The predicted octanol–water partition coefficient (Wildman–Crippen LogP) is 2.59. The summed E-state index contributed by atoms with van der Waals surface area (Å²) in [6, 6.07) is 2.36. The third-order valence-electron chi connectivity index (χ3n) is 7.62. The van der Waals surface area contributed by atoms with Gasteiger partial charge in [0, 0.05) is 36.1 Å². The van der Waals surface area contributed by atoms with Crippen molar-refractivity contribution in [2.45, 2.75) is 59.2 Å². The van der Waals surface area contributed by atoms with E-state index in [9.17, 15) is 28.4 Å². The van der Waals surface area contributed by atoms with Crippen LogP contribution in [0.4, 0.5) is 8.78 Å². The Bertz CT molecular complexity index is 1280. The molecule has 0 bridgehead atoms. The Hall–Kier alpha value is -3.68. The molecule has 2 N–H and O–H groups in total. The van der Waals surface area contributed by atoms with Crippen molar-refractivity contribution in [3.63, 3.8) is 0 Å². The molecule has 196 valence electrons. The zero-order valence-corrected chi connectivity index (χ0v) is 21.3. The number of likely N-dealkylation sites (tertiary alicyclic amines) is 1. The Balaban J connectivity index is 1.63. The highest BCUT2D eigenvalue weighted by molar-refractivity contribution is 5.95. The third kappa shape index (κ3) is 4.72. The lowest BCUT2D eigenvalue weighted by molar-refractivity contribution is -0.147. The predicted molar refractivity (Wildman–Crippen MR) is 130 cm³/mol. The van der Waals surface area contributed by atoms with E-state index in [1.807, 2.05) is 13.8 Å². The van der Waals surface area contributed by atoms with E-state index in [4.69, 9.17) is 0 Å². The number of rotatable bonds is 6. The topological polar surface area (TPSA) is 128 Å². The fourth-order valence-electron chi connectivity index (χ4n) is 5.47. The Morgan fingerprint density at radius 2 is 1.92 bits per heavy atom. The van der Waals surface area contributed by atoms with Gasteiger partial charge in [0.25, 0.3) is 5.91 Å². The van der Waals surface area contributed by atoms with Gasteiger partial charge in [0.2, 0.25) is 11.8 Å². The Morgan fingerprint density at radius 1 is 1.22 bits per heavy atom. The van der Waals surface area contributed by atoms with Gasteiger partial charge in [-0.2, -0.15) is 14.0 Å². The average Bonchev–Trinajstić information content (AvgIpc) is 3.17. The minimum Gasteiger partial charge on any atom is -0.339 e. The summed E-state index contributed by atoms with van der Waals surface area (Å²) in [6.45, 7) is 9.23. The van der Waals surface area contributed by atoms with E-state index < -0.39 is 47.7 Å². The van der Waals surface area contributed by atoms with Crippen molar-refractivity contribution in [3.05, 3.63) is 36.3 Å². The lowest BCUT2D eigenvalue weighted by Crippen LogP contribution is -2.60. The zero-order chi connectivity index (χ0) is 27.3. The highest BCUT2D eigenvalue weighted by atomic mass is 19.3. The molecule has 11 heteroatoms. The molecule has 1 aliphatic carbocycles. The zero-order valence-electron chi connectivity index (χ0n) is 21.3. The summed E-state index contributed by atoms with van der Waals surface area (Å²) in [5.74, 6) is -2.82. The molecule has 1 aliphatic heterocycles. The molecule has 2 aliphatic rings. The van der Waals surface area contributed by atoms with Crippen LogP contribution in [0.25, 0.3) is 10.9 Å². The number of amides is 3. The normalized spacial score (nSPS) is 23.6. The molecule has 0 spiro atoms. The number of halogens is 2. The number of carbonyl (C=O) groups is 3. The van der Waals surface area contributed by atoms with Crippen LogP contribution in [-0.4, -0.2) is 57.6 Å². The van der Waals surface area contributed by atoms with Crippen molar-refractivity contribution >= 4 is 28.6 Å². The smallest absolute Gasteiger partial charge is 0.315 e. The van der Waals surface area contributed by atoms with Crippen LogP contribution in [0.15, 0.2) is 30.7 Å². The number of aromatic nitrogens is 2. The Labute approximate surface area is 213 Å². The van der Waals surface area contributed by atoms with Crippen LogP contribution in [0.2, 0.25) is 0 Å². The summed E-state index contributed by atoms with van der Waals surface area (Å²) < 4.78 is 26.0. The van der Waals surface area contributed by atoms with E-state index >= 15 is 0 Å². The van der Waals surface area contributed by atoms with E-state index in [-0.39, 0.29) is 23.8 Å². The van der Waals surface area contributed by atoms with Crippen LogP contribution in [-0.2, 0) is 14.4 Å². The fraction of sp³-hybridized carbons (Fsp3) is 0.538. The second-order valence-corrected chi connectivity index (χ2v) is 11.4. The van der Waals surface area contributed by atoms with Gasteiger partial charge in [0.1, 0.15) is 18.1 Å². The van der Waals surface area contributed by atoms with Gasteiger partial charge in [0.15, 0.2) is 0 Å². The SMILES string of the molecule is CC(C)(C)[C@H](NC(=O)C(F)F)C(=O)N1C[C@H]2[C@@H]([C@H]1C(=O)NC(C#N)c1cncc3cccnc13)C2(C)C. The number of piperidine rings is 1. The minimum absolute atomic E-state index is 0.0278. The number of hydrogen-bond donors (Lipinski definition) is 2. The minimum atomic E-state index is -3.28. The van der Waals surface area contributed by atoms with Crippen molar-refractivity contribution in [3.8, 4) is 6.07 Å². The Morgan fingerprint density at radius 3 is 2.54 bits per heavy atom. The second-order valence-electron chi connectivity index (χ2n) is 11.4. The van der Waals surface area contributed by atoms with Gasteiger partial charge in [-0.25, -0.2) is 0 Å². The van der Waals surface area contributed by atoms with Crippen molar-refractivity contribution in [1.29, 1.82) is 5.26 Å². The van der Waals surface area contributed by atoms with Crippen LogP contribution < -0.4 is 10.6 Å². The summed E-state index contributed by atoms with van der Waals surface area (Å²) >= 11 is 0. The van der Waals surface area contributed by atoms with Gasteiger partial charge in [-0.3, -0.25) is 24.4 Å². The van der Waals surface area contributed by atoms with E-state index in [1.54, 1.807) is 45.3 Å². The maximum absolute atomic E-state index is 13.7. The highest BCUT2D eigenvalue weighted by Crippen LogP contribution is 2.65. The highest BCUT2D eigenvalue weighted by Gasteiger charge is 2.69. The maximum Gasteiger partial charge on any atom is 0.315 e. The van der Waals surface area contributed by atoms with E-state index in [0.717, 1.165) is 0 Å². The molecule has 3 heterocycles. The lowest BCUT2D eigenvalue weighted by Gasteiger charge is -2.37. The second kappa shape index (κ2) is 9.32. The first-order valence-electron chi connectivity index (χ1n) is 12.1. The van der Waals surface area contributed by atoms with Gasteiger partial charge in [-0.05, 0) is 34.8 Å². The first-order valence-corrected chi connectivity index (χ1v) is 12.1. The summed E-state index contributed by atoms with van der Waals surface area (Å²) in [5, 5.41) is 15.5. The lowest BCUT2D eigenvalue weighted by atomic mass is 9.85. The van der Waals surface area contributed by atoms with Gasteiger partial charge >= 0.3 is 6.43 Å². The summed E-state index contributed by atoms with van der Waals surface area (Å²) in [4.78, 5) is 49.0. The molecule has 5 atom stereocenters. The molecule has 2 aromatic heterocycles. The molecule has 1 saturated heterocycles. The average molecular weight is 513 g/mol. The standard InChI is InChI=1S/C26H30F2N6O3/c1-25(2,3)20(33-23(36)21(27)28)24(37)34-12-15-17(26(15,4)5)19(34)22(35)32-16(9-29)14-11-30-10-13-7-6-8-31-18(13)14/h6-8,10-11,15-17,19-21H,12H2,1-5H3,(H,32,35)(H,33,36)/t15-,16?,17-,19-,20+/m0/s1. The van der Waals surface area contributed by atoms with Crippen LogP contribution in [0.1, 0.15) is 46.2 Å². The van der Waals surface area contributed by atoms with E-state index in [2.05, 4.69) is 26.7 Å². The largest absolute Gasteiger partial charge is 0.339 e. The number of pyridine rings is 2. The van der Waals surface area contributed by atoms with E-state index in [0.29, 0.717) is 16.5 Å². The van der Waals surface area contributed by atoms with Crippen molar-refractivity contribution < 1.29 is 23.2 Å². The number of nitrogens with one attached hydrogen (secondary N) is 2. The molecule has 2 fully saturated rings. The molecule has 1 unspecified atom stereocenters. The van der Waals surface area contributed by atoms with Gasteiger partial charge in [-0.15, -0.1) is 0 Å². The molecule has 0 aromatic carbocycles. The third-order valence-corrected chi connectivity index (χ3v) is 7.62. The van der Waals surface area contributed by atoms with Crippen LogP contribution in [0.3, 0.4) is 0 Å². The number of nitrogens with zero attached hydrogens (tertiary/aromatic N) is 4. The summed E-state index contributed by atoms with van der Waals surface area (Å²) in [6.07, 6.45) is 1.39. The molecular weight excluding hydrogens is 482 g/mol.